The topological polar surface area (TPSA) is 41.1 Å². The summed E-state index contributed by atoms with van der Waals surface area (Å²) in [5.41, 5.74) is -2.28. The minimum atomic E-state index is -5.13. The maximum Gasteiger partial charge on any atom is 0.417 e. The van der Waals surface area contributed by atoms with Crippen molar-refractivity contribution in [3.05, 3.63) is 73.7 Å². The number of benzene rings is 2. The molecule has 14 heteroatoms. The summed E-state index contributed by atoms with van der Waals surface area (Å²) in [6, 6.07) is 3.12. The van der Waals surface area contributed by atoms with E-state index in [1.807, 2.05) is 0 Å². The van der Waals surface area contributed by atoms with E-state index < -0.39 is 52.3 Å². The number of halogens is 11. The molecule has 1 atom stereocenters. The van der Waals surface area contributed by atoms with Gasteiger partial charge in [-0.15, -0.1) is 4.94 Å². The summed E-state index contributed by atoms with van der Waals surface area (Å²) in [6.07, 6.45) is -10.1. The van der Waals surface area contributed by atoms with Crippen LogP contribution in [0.15, 0.2) is 36.4 Å². The zero-order valence-electron chi connectivity index (χ0n) is 15.1. The zero-order valence-corrected chi connectivity index (χ0v) is 18.1. The fraction of sp³-hybridized carbons (Fsp3) is 0.167. The van der Waals surface area contributed by atoms with Gasteiger partial charge < -0.3 is 0 Å². The molecule has 0 aliphatic heterocycles. The van der Waals surface area contributed by atoms with E-state index in [0.717, 1.165) is 12.1 Å². The molecule has 0 aromatic heterocycles. The number of carbonyl (C=O) groups is 1. The summed E-state index contributed by atoms with van der Waals surface area (Å²) in [4.78, 5) is 13.3. The summed E-state index contributed by atoms with van der Waals surface area (Å²) in [7, 11) is 0. The molecular weight excluding hydrogens is 535 g/mol. The SMILES string of the molecule is O=C(NNCl)c1ccc(/C(F)=C/C(c2cc(Cl)c(Cl)c(Cl)c2)C(F)(F)F)cc1C(F)(F)F. The molecule has 1 amide bonds. The van der Waals surface area contributed by atoms with Gasteiger partial charge in [0.15, 0.2) is 0 Å². The number of hydrazine groups is 1. The number of hydrogen-bond acceptors (Lipinski definition) is 2. The van der Waals surface area contributed by atoms with Crippen molar-refractivity contribution in [1.29, 1.82) is 0 Å². The number of allylic oxidation sites excluding steroid dienone is 1. The molecule has 0 radical (unpaired) electrons. The van der Waals surface area contributed by atoms with E-state index in [1.54, 1.807) is 10.4 Å². The second-order valence-electron chi connectivity index (χ2n) is 6.14. The van der Waals surface area contributed by atoms with Gasteiger partial charge in [-0.25, -0.2) is 4.39 Å². The van der Waals surface area contributed by atoms with E-state index in [2.05, 4.69) is 0 Å². The lowest BCUT2D eigenvalue weighted by Crippen LogP contribution is -2.32. The Morgan fingerprint density at radius 1 is 0.969 bits per heavy atom. The Labute approximate surface area is 196 Å². The van der Waals surface area contributed by atoms with Crippen LogP contribution in [0.2, 0.25) is 15.1 Å². The van der Waals surface area contributed by atoms with Crippen LogP contribution in [0.3, 0.4) is 0 Å². The molecule has 2 aromatic rings. The Kier molecular flexibility index (Phi) is 8.33. The van der Waals surface area contributed by atoms with Gasteiger partial charge in [0, 0.05) is 5.56 Å². The molecule has 0 aliphatic rings. The van der Waals surface area contributed by atoms with Crippen molar-refractivity contribution in [1.82, 2.24) is 10.4 Å². The standard InChI is InChI=1S/C18H9Cl4F7N2O/c19-12-4-8(5-13(20)15(12)21)10(17(24,25)26)6-14(23)7-1-2-9(16(32)30-31-22)11(3-7)18(27,28)29/h1-6,10,31H,(H,30,32)/b14-6-. The molecule has 0 saturated carbocycles. The molecule has 0 fully saturated rings. The zero-order chi connectivity index (χ0) is 24.4. The van der Waals surface area contributed by atoms with Crippen LogP contribution in [0.25, 0.3) is 5.83 Å². The van der Waals surface area contributed by atoms with Crippen LogP contribution in [-0.4, -0.2) is 12.1 Å². The van der Waals surface area contributed by atoms with E-state index in [9.17, 15) is 35.5 Å². The average Bonchev–Trinajstić information content (AvgIpc) is 2.67. The first-order valence-electron chi connectivity index (χ1n) is 8.13. The highest BCUT2D eigenvalue weighted by Crippen LogP contribution is 2.42. The first kappa shape index (κ1) is 26.5. The Hall–Kier alpha value is -1.72. The van der Waals surface area contributed by atoms with Crippen molar-refractivity contribution in [2.75, 3.05) is 0 Å². The maximum atomic E-state index is 14.7. The molecule has 174 valence electrons. The second kappa shape index (κ2) is 10.0. The lowest BCUT2D eigenvalue weighted by atomic mass is 9.95. The predicted octanol–water partition coefficient (Wildman–Crippen LogP) is 7.71. The molecule has 2 aromatic carbocycles. The number of amides is 1. The normalized spacial score (nSPS) is 13.8. The summed E-state index contributed by atoms with van der Waals surface area (Å²) in [6.45, 7) is 0. The minimum Gasteiger partial charge on any atom is -0.273 e. The predicted molar refractivity (Wildman–Crippen MR) is 107 cm³/mol. The summed E-state index contributed by atoms with van der Waals surface area (Å²) < 4.78 is 95.5. The molecule has 2 N–H and O–H groups in total. The molecule has 1 unspecified atom stereocenters. The molecule has 0 bridgehead atoms. The van der Waals surface area contributed by atoms with E-state index in [1.165, 1.54) is 0 Å². The van der Waals surface area contributed by atoms with Crippen LogP contribution in [0, 0.1) is 0 Å². The van der Waals surface area contributed by atoms with Crippen molar-refractivity contribution in [3.63, 3.8) is 0 Å². The molecule has 0 saturated heterocycles. The number of nitrogens with one attached hydrogen (secondary N) is 2. The highest BCUT2D eigenvalue weighted by atomic mass is 35.5. The molecule has 0 aliphatic carbocycles. The second-order valence-corrected chi connectivity index (χ2v) is 7.52. The summed E-state index contributed by atoms with van der Waals surface area (Å²) >= 11 is 22.2. The van der Waals surface area contributed by atoms with Crippen molar-refractivity contribution in [2.24, 2.45) is 0 Å². The fourth-order valence-electron chi connectivity index (χ4n) is 2.61. The van der Waals surface area contributed by atoms with E-state index in [4.69, 9.17) is 46.6 Å². The Balaban J connectivity index is 2.61. The van der Waals surface area contributed by atoms with Crippen LogP contribution >= 0.6 is 46.6 Å². The van der Waals surface area contributed by atoms with Gasteiger partial charge in [-0.2, -0.15) is 26.3 Å². The maximum absolute atomic E-state index is 14.7. The third-order valence-corrected chi connectivity index (χ3v) is 5.33. The molecule has 2 rings (SSSR count). The van der Waals surface area contributed by atoms with Crippen molar-refractivity contribution < 1.29 is 35.5 Å². The van der Waals surface area contributed by atoms with Gasteiger partial charge in [-0.05, 0) is 47.7 Å². The highest BCUT2D eigenvalue weighted by Gasteiger charge is 2.41. The van der Waals surface area contributed by atoms with Crippen LogP contribution < -0.4 is 10.4 Å². The molecule has 32 heavy (non-hydrogen) atoms. The Morgan fingerprint density at radius 3 is 2.00 bits per heavy atom. The minimum absolute atomic E-state index is 0.0610. The largest absolute Gasteiger partial charge is 0.417 e. The molecule has 3 nitrogen and oxygen atoms in total. The van der Waals surface area contributed by atoms with Gasteiger partial charge in [0.2, 0.25) is 0 Å². The van der Waals surface area contributed by atoms with Gasteiger partial charge in [0.1, 0.15) is 11.7 Å². The Bertz CT molecular complexity index is 1030. The van der Waals surface area contributed by atoms with Crippen LogP contribution in [0.4, 0.5) is 30.7 Å². The number of alkyl halides is 6. The van der Waals surface area contributed by atoms with Crippen molar-refractivity contribution in [3.8, 4) is 0 Å². The monoisotopic (exact) mass is 542 g/mol. The number of hydrogen-bond donors (Lipinski definition) is 2. The first-order chi connectivity index (χ1) is 14.7. The van der Waals surface area contributed by atoms with Crippen molar-refractivity contribution >= 4 is 58.3 Å². The van der Waals surface area contributed by atoms with Crippen LogP contribution in [-0.2, 0) is 6.18 Å². The smallest absolute Gasteiger partial charge is 0.273 e. The number of rotatable bonds is 5. The van der Waals surface area contributed by atoms with Gasteiger partial charge in [0.25, 0.3) is 5.91 Å². The van der Waals surface area contributed by atoms with Gasteiger partial charge in [-0.1, -0.05) is 40.9 Å². The molecule has 0 heterocycles. The van der Waals surface area contributed by atoms with Gasteiger partial charge in [0.05, 0.1) is 26.2 Å². The van der Waals surface area contributed by atoms with E-state index in [-0.39, 0.29) is 27.2 Å². The van der Waals surface area contributed by atoms with Crippen LogP contribution in [0.1, 0.15) is 33.0 Å². The number of carbonyl (C=O) groups excluding carboxylic acids is 1. The quantitative estimate of drug-likeness (QED) is 0.175. The third-order valence-electron chi connectivity index (χ3n) is 4.04. The average molecular weight is 544 g/mol. The van der Waals surface area contributed by atoms with E-state index >= 15 is 0 Å². The summed E-state index contributed by atoms with van der Waals surface area (Å²) in [5, 5.41) is -0.891. The first-order valence-corrected chi connectivity index (χ1v) is 9.64. The fourth-order valence-corrected chi connectivity index (χ4v) is 3.31. The van der Waals surface area contributed by atoms with Crippen molar-refractivity contribution in [2.45, 2.75) is 18.3 Å². The summed E-state index contributed by atoms with van der Waals surface area (Å²) in [5.74, 6) is -5.56. The molecular formula is C18H9Cl4F7N2O. The Morgan fingerprint density at radius 2 is 1.53 bits per heavy atom. The lowest BCUT2D eigenvalue weighted by molar-refractivity contribution is -0.140. The molecule has 0 spiro atoms. The van der Waals surface area contributed by atoms with Crippen LogP contribution in [0.5, 0.6) is 0 Å². The third kappa shape index (κ3) is 6.20. The van der Waals surface area contributed by atoms with E-state index in [0.29, 0.717) is 12.1 Å². The van der Waals surface area contributed by atoms with Gasteiger partial charge in [-0.3, -0.25) is 10.2 Å². The highest BCUT2D eigenvalue weighted by molar-refractivity contribution is 6.48. The van der Waals surface area contributed by atoms with Gasteiger partial charge >= 0.3 is 12.4 Å². The lowest BCUT2D eigenvalue weighted by Gasteiger charge is -2.19.